The number of nitrogens with zero attached hydrogens (tertiary/aromatic N) is 3. The number of rotatable bonds is 9. The Balaban J connectivity index is 1.28. The molecule has 0 radical (unpaired) electrons. The SMILES string of the molecule is C=CCOC(=O)N1CC[C@@H](N2CCC(=CC3=C(C(=O)OC(c4ccccc4)c4ccccc4)N4C(=O)[C@@H](NC(=O)OC(C)(C)C)[C@H]4SC3)C2=O)C1. The van der Waals surface area contributed by atoms with E-state index in [9.17, 15) is 24.0 Å². The maximum absolute atomic E-state index is 14.3. The van der Waals surface area contributed by atoms with E-state index < -0.39 is 47.2 Å². The molecule has 0 bridgehead atoms. The number of carbonyl (C=O) groups is 5. The normalized spacial score (nSPS) is 22.5. The van der Waals surface area contributed by atoms with Gasteiger partial charge in [-0.15, -0.1) is 11.8 Å². The van der Waals surface area contributed by atoms with E-state index in [-0.39, 0.29) is 30.0 Å². The van der Waals surface area contributed by atoms with Crippen LogP contribution in [0, 0.1) is 0 Å². The monoisotopic (exact) mass is 714 g/mol. The van der Waals surface area contributed by atoms with E-state index in [0.717, 1.165) is 11.1 Å². The van der Waals surface area contributed by atoms with Crippen LogP contribution in [-0.2, 0) is 28.6 Å². The Hall–Kier alpha value is -5.04. The maximum atomic E-state index is 14.3. The zero-order valence-electron chi connectivity index (χ0n) is 28.9. The molecule has 13 heteroatoms. The quantitative estimate of drug-likeness (QED) is 0.126. The third kappa shape index (κ3) is 7.83. The van der Waals surface area contributed by atoms with Crippen molar-refractivity contribution in [2.24, 2.45) is 0 Å². The highest BCUT2D eigenvalue weighted by Crippen LogP contribution is 2.43. The van der Waals surface area contributed by atoms with Gasteiger partial charge in [0.25, 0.3) is 5.91 Å². The molecule has 3 atom stereocenters. The van der Waals surface area contributed by atoms with Crippen molar-refractivity contribution in [2.75, 3.05) is 32.0 Å². The Morgan fingerprint density at radius 2 is 1.69 bits per heavy atom. The van der Waals surface area contributed by atoms with E-state index in [1.807, 2.05) is 60.7 Å². The first-order chi connectivity index (χ1) is 24.4. The standard InChI is InChI=1S/C38H42N4O8S/c1-5-20-48-37(47)40-18-17-28(22-40)41-19-16-26(32(41)43)21-27-23-51-34-29(39-36(46)50-38(2,3)4)33(44)42(34)30(27)35(45)49-31(24-12-8-6-9-13-24)25-14-10-7-11-15-25/h5-15,21,28-29,31,34H,1,16-20,22-23H2,2-4H3,(H,39,46)/t28-,29-,34-/m1/s1. The molecule has 0 aliphatic carbocycles. The summed E-state index contributed by atoms with van der Waals surface area (Å²) in [6.45, 7) is 10.2. The number of alkyl carbamates (subject to hydrolysis) is 1. The molecule has 1 N–H and O–H groups in total. The predicted molar refractivity (Wildman–Crippen MR) is 190 cm³/mol. The molecule has 3 saturated heterocycles. The fraction of sp³-hybridized carbons (Fsp3) is 0.395. The number of benzene rings is 2. The van der Waals surface area contributed by atoms with Crippen molar-refractivity contribution < 1.29 is 38.2 Å². The fourth-order valence-corrected chi connectivity index (χ4v) is 7.94. The van der Waals surface area contributed by atoms with Gasteiger partial charge in [0.05, 0.1) is 6.04 Å². The molecule has 0 spiro atoms. The van der Waals surface area contributed by atoms with E-state index in [1.54, 1.807) is 36.6 Å². The Morgan fingerprint density at radius 1 is 1.02 bits per heavy atom. The van der Waals surface area contributed by atoms with Gasteiger partial charge in [0.2, 0.25) is 5.91 Å². The Bertz CT molecular complexity index is 1720. The van der Waals surface area contributed by atoms with Crippen molar-refractivity contribution >= 4 is 41.7 Å². The molecule has 51 heavy (non-hydrogen) atoms. The topological polar surface area (TPSA) is 135 Å². The van der Waals surface area contributed by atoms with Crippen LogP contribution >= 0.6 is 11.8 Å². The molecule has 0 aromatic heterocycles. The van der Waals surface area contributed by atoms with Crippen LogP contribution in [0.15, 0.2) is 96.2 Å². The molecule has 12 nitrogen and oxygen atoms in total. The summed E-state index contributed by atoms with van der Waals surface area (Å²) < 4.78 is 16.8. The first-order valence-electron chi connectivity index (χ1n) is 17.0. The molecule has 6 rings (SSSR count). The minimum Gasteiger partial charge on any atom is -0.448 e. The van der Waals surface area contributed by atoms with Crippen LogP contribution in [0.25, 0.3) is 0 Å². The summed E-state index contributed by atoms with van der Waals surface area (Å²) in [5.74, 6) is -1.10. The van der Waals surface area contributed by atoms with Gasteiger partial charge in [-0.3, -0.25) is 14.5 Å². The van der Waals surface area contributed by atoms with Gasteiger partial charge in [0.15, 0.2) is 6.10 Å². The number of β-lactam (4-membered cyclic amide) rings is 1. The second-order valence-corrected chi connectivity index (χ2v) is 14.8. The molecular formula is C38H42N4O8S. The summed E-state index contributed by atoms with van der Waals surface area (Å²) in [6, 6.07) is 17.6. The second kappa shape index (κ2) is 15.1. The molecule has 3 fully saturated rings. The average Bonchev–Trinajstić information content (AvgIpc) is 3.75. The van der Waals surface area contributed by atoms with Crippen LogP contribution in [0.3, 0.4) is 0 Å². The van der Waals surface area contributed by atoms with Crippen molar-refractivity contribution in [2.45, 2.75) is 62.8 Å². The number of hydrogen-bond donors (Lipinski definition) is 1. The van der Waals surface area contributed by atoms with E-state index >= 15 is 0 Å². The van der Waals surface area contributed by atoms with Crippen LogP contribution in [-0.4, -0.2) is 99.7 Å². The van der Waals surface area contributed by atoms with Gasteiger partial charge in [0, 0.05) is 31.0 Å². The largest absolute Gasteiger partial charge is 0.448 e. The summed E-state index contributed by atoms with van der Waals surface area (Å²) in [6.07, 6.45) is 2.32. The molecule has 4 aliphatic rings. The number of likely N-dealkylation sites (tertiary alicyclic amines) is 2. The molecule has 268 valence electrons. The Morgan fingerprint density at radius 3 is 2.31 bits per heavy atom. The van der Waals surface area contributed by atoms with Crippen LogP contribution in [0.5, 0.6) is 0 Å². The minimum absolute atomic E-state index is 0.0404. The number of esters is 1. The Labute approximate surface area is 301 Å². The van der Waals surface area contributed by atoms with Gasteiger partial charge in [-0.1, -0.05) is 73.3 Å². The number of carbonyl (C=O) groups excluding carboxylic acids is 5. The van der Waals surface area contributed by atoms with Crippen LogP contribution < -0.4 is 5.32 Å². The number of ether oxygens (including phenoxy) is 3. The number of allylic oxidation sites excluding steroid dienone is 1. The third-order valence-electron chi connectivity index (χ3n) is 8.99. The molecule has 2 aromatic rings. The van der Waals surface area contributed by atoms with Crippen molar-refractivity contribution in [3.8, 4) is 0 Å². The zero-order valence-corrected chi connectivity index (χ0v) is 29.7. The van der Waals surface area contributed by atoms with E-state index in [2.05, 4.69) is 11.9 Å². The number of nitrogens with one attached hydrogen (secondary N) is 1. The molecular weight excluding hydrogens is 673 g/mol. The van der Waals surface area contributed by atoms with Gasteiger partial charge >= 0.3 is 18.2 Å². The second-order valence-electron chi connectivity index (χ2n) is 13.7. The predicted octanol–water partition coefficient (Wildman–Crippen LogP) is 4.94. The van der Waals surface area contributed by atoms with Crippen molar-refractivity contribution in [3.05, 3.63) is 107 Å². The summed E-state index contributed by atoms with van der Waals surface area (Å²) in [5, 5.41) is 2.08. The van der Waals surface area contributed by atoms with Gasteiger partial charge < -0.3 is 29.3 Å². The lowest BCUT2D eigenvalue weighted by atomic mass is 10.00. The minimum atomic E-state index is -0.909. The van der Waals surface area contributed by atoms with Crippen LogP contribution in [0.4, 0.5) is 9.59 Å². The Kier molecular flexibility index (Phi) is 10.6. The lowest BCUT2D eigenvalue weighted by Crippen LogP contribution is -2.70. The molecule has 4 aliphatic heterocycles. The summed E-state index contributed by atoms with van der Waals surface area (Å²) in [4.78, 5) is 71.6. The number of amides is 4. The number of fused-ring (bicyclic) bond motifs is 1. The first kappa shape index (κ1) is 35.8. The van der Waals surface area contributed by atoms with Gasteiger partial charge in [-0.05, 0) is 56.4 Å². The number of hydrogen-bond acceptors (Lipinski definition) is 9. The molecule has 0 unspecified atom stereocenters. The summed E-state index contributed by atoms with van der Waals surface area (Å²) in [5.41, 5.74) is 1.76. The van der Waals surface area contributed by atoms with Gasteiger partial charge in [-0.2, -0.15) is 0 Å². The summed E-state index contributed by atoms with van der Waals surface area (Å²) >= 11 is 1.38. The van der Waals surface area contributed by atoms with Crippen LogP contribution in [0.1, 0.15) is 50.8 Å². The first-order valence-corrected chi connectivity index (χ1v) is 18.0. The molecule has 4 heterocycles. The third-order valence-corrected chi connectivity index (χ3v) is 10.3. The molecule has 0 saturated carbocycles. The van der Waals surface area contributed by atoms with Crippen molar-refractivity contribution in [3.63, 3.8) is 0 Å². The van der Waals surface area contributed by atoms with Crippen molar-refractivity contribution in [1.29, 1.82) is 0 Å². The van der Waals surface area contributed by atoms with Crippen LogP contribution in [0.2, 0.25) is 0 Å². The van der Waals surface area contributed by atoms with E-state index in [4.69, 9.17) is 14.2 Å². The van der Waals surface area contributed by atoms with Crippen molar-refractivity contribution in [1.82, 2.24) is 20.0 Å². The van der Waals surface area contributed by atoms with Gasteiger partial charge in [0.1, 0.15) is 29.3 Å². The maximum Gasteiger partial charge on any atom is 0.410 e. The molecule has 4 amide bonds. The van der Waals surface area contributed by atoms with E-state index in [1.165, 1.54) is 22.7 Å². The smallest absolute Gasteiger partial charge is 0.410 e. The lowest BCUT2D eigenvalue weighted by molar-refractivity contribution is -0.153. The molecule has 2 aromatic carbocycles. The highest BCUT2D eigenvalue weighted by atomic mass is 32.2. The zero-order chi connectivity index (χ0) is 36.3. The van der Waals surface area contributed by atoms with Gasteiger partial charge in [-0.25, -0.2) is 14.4 Å². The summed E-state index contributed by atoms with van der Waals surface area (Å²) in [7, 11) is 0. The average molecular weight is 715 g/mol. The van der Waals surface area contributed by atoms with E-state index in [0.29, 0.717) is 43.6 Å². The highest BCUT2D eigenvalue weighted by molar-refractivity contribution is 8.00. The number of thioether (sulfide) groups is 1. The lowest BCUT2D eigenvalue weighted by Gasteiger charge is -2.49. The fourth-order valence-electron chi connectivity index (χ4n) is 6.63. The highest BCUT2D eigenvalue weighted by Gasteiger charge is 2.55.